The number of hydrogen-bond acceptors (Lipinski definition) is 6. The smallest absolute Gasteiger partial charge is 0.191 e. The van der Waals surface area contributed by atoms with Crippen LogP contribution in [0.3, 0.4) is 0 Å². The van der Waals surface area contributed by atoms with Crippen LogP contribution in [-0.2, 0) is 13.0 Å². The summed E-state index contributed by atoms with van der Waals surface area (Å²) < 4.78 is 12.7. The molecule has 0 amide bonds. The number of aliphatic imine (C=N–C) groups is 1. The van der Waals surface area contributed by atoms with Crippen molar-refractivity contribution in [1.82, 2.24) is 25.4 Å². The predicted molar refractivity (Wildman–Crippen MR) is 135 cm³/mol. The zero-order chi connectivity index (χ0) is 22.4. The molecule has 1 aromatic carbocycles. The number of halogens is 1. The van der Waals surface area contributed by atoms with Crippen LogP contribution in [0.1, 0.15) is 56.4 Å². The molecule has 1 aliphatic heterocycles. The monoisotopic (exact) mass is 558 g/mol. The molecule has 0 saturated heterocycles. The molecule has 0 bridgehead atoms. The number of methoxy groups -OCH3 is 2. The number of ether oxygens (including phenoxy) is 2. The number of nitrogens with one attached hydrogen (secondary N) is 2. The number of guanidine groups is 1. The Kier molecular flexibility index (Phi) is 10.0. The number of aliphatic hydroxyl groups is 1. The third kappa shape index (κ3) is 6.47. The van der Waals surface area contributed by atoms with Crippen LogP contribution < -0.4 is 20.1 Å². The van der Waals surface area contributed by atoms with E-state index in [2.05, 4.69) is 39.6 Å². The summed E-state index contributed by atoms with van der Waals surface area (Å²) in [6, 6.07) is 5.55. The molecule has 0 spiro atoms. The quantitative estimate of drug-likeness (QED) is 0.260. The Labute approximate surface area is 207 Å². The Bertz CT molecular complexity index is 902. The Morgan fingerprint density at radius 3 is 2.75 bits per heavy atom. The predicted octanol–water partition coefficient (Wildman–Crippen LogP) is 2.64. The molecular weight excluding hydrogens is 523 g/mol. The van der Waals surface area contributed by atoms with Crippen LogP contribution in [0.5, 0.6) is 11.5 Å². The molecule has 0 aliphatic carbocycles. The van der Waals surface area contributed by atoms with Crippen molar-refractivity contribution in [3.05, 3.63) is 35.4 Å². The maximum atomic E-state index is 10.7. The number of rotatable bonds is 8. The molecular formula is C22H35IN6O3. The van der Waals surface area contributed by atoms with Gasteiger partial charge in [0.2, 0.25) is 0 Å². The van der Waals surface area contributed by atoms with Crippen LogP contribution in [0.2, 0.25) is 0 Å². The highest BCUT2D eigenvalue weighted by Gasteiger charge is 2.23. The van der Waals surface area contributed by atoms with E-state index in [9.17, 15) is 5.11 Å². The summed E-state index contributed by atoms with van der Waals surface area (Å²) >= 11 is 0. The lowest BCUT2D eigenvalue weighted by Crippen LogP contribution is -2.47. The van der Waals surface area contributed by atoms with E-state index in [1.54, 1.807) is 32.4 Å². The lowest BCUT2D eigenvalue weighted by atomic mass is 10.1. The van der Waals surface area contributed by atoms with E-state index in [1.165, 1.54) is 0 Å². The van der Waals surface area contributed by atoms with Crippen molar-refractivity contribution < 1.29 is 14.6 Å². The highest BCUT2D eigenvalue weighted by molar-refractivity contribution is 14.0. The minimum absolute atomic E-state index is 0. The summed E-state index contributed by atoms with van der Waals surface area (Å²) in [6.07, 6.45) is 1.01. The Hall–Kier alpha value is -2.08. The van der Waals surface area contributed by atoms with Gasteiger partial charge in [-0.15, -0.1) is 24.0 Å². The second kappa shape index (κ2) is 12.2. The van der Waals surface area contributed by atoms with Gasteiger partial charge in [0.05, 0.1) is 27.3 Å². The summed E-state index contributed by atoms with van der Waals surface area (Å²) in [4.78, 5) is 9.25. The SMILES string of the molecule is CCNC(=NCC(O)c1cc(OC)ccc1OC)NC1CCc2nc(C(C)C)nn2C1.I. The Balaban J connectivity index is 0.00000363. The minimum Gasteiger partial charge on any atom is -0.497 e. The van der Waals surface area contributed by atoms with E-state index >= 15 is 0 Å². The second-order valence-electron chi connectivity index (χ2n) is 7.95. The molecule has 2 atom stereocenters. The lowest BCUT2D eigenvalue weighted by molar-refractivity contribution is 0.182. The van der Waals surface area contributed by atoms with Crippen molar-refractivity contribution in [2.45, 2.75) is 58.2 Å². The third-order valence-electron chi connectivity index (χ3n) is 5.29. The van der Waals surface area contributed by atoms with Gasteiger partial charge in [0.1, 0.15) is 23.4 Å². The summed E-state index contributed by atoms with van der Waals surface area (Å²) in [5, 5.41) is 22.1. The molecule has 3 N–H and O–H groups in total. The van der Waals surface area contributed by atoms with E-state index in [0.717, 1.165) is 37.6 Å². The minimum atomic E-state index is -0.817. The number of benzene rings is 1. The molecule has 0 radical (unpaired) electrons. The van der Waals surface area contributed by atoms with Crippen molar-refractivity contribution in [3.8, 4) is 11.5 Å². The lowest BCUT2D eigenvalue weighted by Gasteiger charge is -2.25. The van der Waals surface area contributed by atoms with Crippen molar-refractivity contribution in [3.63, 3.8) is 0 Å². The second-order valence-corrected chi connectivity index (χ2v) is 7.95. The molecule has 1 aliphatic rings. The Morgan fingerprint density at radius 1 is 1.31 bits per heavy atom. The first-order valence-electron chi connectivity index (χ1n) is 10.8. The maximum absolute atomic E-state index is 10.7. The number of aliphatic hydroxyl groups excluding tert-OH is 1. The molecule has 2 unspecified atom stereocenters. The third-order valence-corrected chi connectivity index (χ3v) is 5.29. The van der Waals surface area contributed by atoms with Crippen LogP contribution in [0.25, 0.3) is 0 Å². The number of fused-ring (bicyclic) bond motifs is 1. The van der Waals surface area contributed by atoms with E-state index in [0.29, 0.717) is 28.9 Å². The van der Waals surface area contributed by atoms with E-state index in [1.807, 2.05) is 11.6 Å². The molecule has 2 heterocycles. The molecule has 1 aromatic heterocycles. The average molecular weight is 558 g/mol. The first kappa shape index (κ1) is 26.2. The van der Waals surface area contributed by atoms with Gasteiger partial charge in [-0.2, -0.15) is 5.10 Å². The van der Waals surface area contributed by atoms with Gasteiger partial charge in [-0.3, -0.25) is 4.99 Å². The van der Waals surface area contributed by atoms with E-state index in [-0.39, 0.29) is 36.6 Å². The molecule has 0 saturated carbocycles. The van der Waals surface area contributed by atoms with Gasteiger partial charge in [0.15, 0.2) is 11.8 Å². The fourth-order valence-corrected chi connectivity index (χ4v) is 3.58. The van der Waals surface area contributed by atoms with E-state index in [4.69, 9.17) is 9.47 Å². The molecule has 32 heavy (non-hydrogen) atoms. The van der Waals surface area contributed by atoms with Gasteiger partial charge < -0.3 is 25.2 Å². The van der Waals surface area contributed by atoms with Crippen molar-refractivity contribution in [1.29, 1.82) is 0 Å². The maximum Gasteiger partial charge on any atom is 0.191 e. The fraction of sp³-hybridized carbons (Fsp3) is 0.591. The molecule has 0 fully saturated rings. The first-order chi connectivity index (χ1) is 14.9. The number of nitrogens with zero attached hydrogens (tertiary/aromatic N) is 4. The van der Waals surface area contributed by atoms with Crippen LogP contribution in [0.4, 0.5) is 0 Å². The largest absolute Gasteiger partial charge is 0.497 e. The van der Waals surface area contributed by atoms with Crippen molar-refractivity contribution in [2.75, 3.05) is 27.3 Å². The van der Waals surface area contributed by atoms with Crippen molar-refractivity contribution >= 4 is 29.9 Å². The van der Waals surface area contributed by atoms with Crippen LogP contribution in [0, 0.1) is 0 Å². The van der Waals surface area contributed by atoms with Gasteiger partial charge in [-0.1, -0.05) is 13.8 Å². The zero-order valence-corrected chi connectivity index (χ0v) is 21.8. The molecule has 2 aromatic rings. The fourth-order valence-electron chi connectivity index (χ4n) is 3.58. The van der Waals surface area contributed by atoms with Gasteiger partial charge in [-0.25, -0.2) is 9.67 Å². The first-order valence-corrected chi connectivity index (χ1v) is 10.8. The van der Waals surface area contributed by atoms with E-state index < -0.39 is 6.10 Å². The van der Waals surface area contributed by atoms with Gasteiger partial charge in [-0.05, 0) is 31.5 Å². The molecule has 9 nitrogen and oxygen atoms in total. The summed E-state index contributed by atoms with van der Waals surface area (Å²) in [5.41, 5.74) is 0.646. The van der Waals surface area contributed by atoms with Crippen LogP contribution >= 0.6 is 24.0 Å². The van der Waals surface area contributed by atoms with Crippen LogP contribution in [0.15, 0.2) is 23.2 Å². The standard InChI is InChI=1S/C22H34N6O3.HI/c1-6-23-22(24-12-18(29)17-11-16(30-4)8-9-19(17)31-5)25-15-7-10-20-26-21(14(2)3)27-28(20)13-15;/h8-9,11,14-15,18,29H,6-7,10,12-13H2,1-5H3,(H2,23,24,25);1H. The number of hydrogen-bond donors (Lipinski definition) is 3. The summed E-state index contributed by atoms with van der Waals surface area (Å²) in [7, 11) is 3.18. The highest BCUT2D eigenvalue weighted by Crippen LogP contribution is 2.29. The topological polar surface area (TPSA) is 106 Å². The molecule has 178 valence electrons. The summed E-state index contributed by atoms with van der Waals surface area (Å²) in [5.74, 6) is 4.19. The Morgan fingerprint density at radius 2 is 2.09 bits per heavy atom. The van der Waals surface area contributed by atoms with Gasteiger partial charge >= 0.3 is 0 Å². The normalized spacial score (nSPS) is 16.7. The van der Waals surface area contributed by atoms with Crippen LogP contribution in [-0.4, -0.2) is 59.2 Å². The number of aryl methyl sites for hydroxylation is 1. The zero-order valence-electron chi connectivity index (χ0n) is 19.5. The summed E-state index contributed by atoms with van der Waals surface area (Å²) in [6.45, 7) is 7.89. The number of aromatic nitrogens is 3. The molecule has 3 rings (SSSR count). The highest BCUT2D eigenvalue weighted by atomic mass is 127. The molecule has 10 heteroatoms. The van der Waals surface area contributed by atoms with Crippen molar-refractivity contribution in [2.24, 2.45) is 4.99 Å². The van der Waals surface area contributed by atoms with Gasteiger partial charge in [0, 0.05) is 30.5 Å². The van der Waals surface area contributed by atoms with Gasteiger partial charge in [0.25, 0.3) is 0 Å². The average Bonchev–Trinajstić information content (AvgIpc) is 3.20.